The molecule has 1 aliphatic heterocycles. The fourth-order valence-corrected chi connectivity index (χ4v) is 5.65. The van der Waals surface area contributed by atoms with E-state index in [2.05, 4.69) is 15.7 Å². The van der Waals surface area contributed by atoms with Crippen molar-refractivity contribution in [2.24, 2.45) is 0 Å². The predicted molar refractivity (Wildman–Crippen MR) is 107 cm³/mol. The molecular weight excluding hydrogens is 376 g/mol. The number of carboxylic acids is 1. The number of benzene rings is 2. The zero-order chi connectivity index (χ0) is 19.9. The Morgan fingerprint density at radius 3 is 2.68 bits per heavy atom. The first-order chi connectivity index (χ1) is 13.3. The van der Waals surface area contributed by atoms with Gasteiger partial charge in [-0.05, 0) is 49.1 Å². The molecule has 6 nitrogen and oxygen atoms in total. The Morgan fingerprint density at radius 1 is 1.21 bits per heavy atom. The molecule has 0 spiro atoms. The van der Waals surface area contributed by atoms with Gasteiger partial charge in [0.25, 0.3) is 0 Å². The van der Waals surface area contributed by atoms with Gasteiger partial charge in [-0.25, -0.2) is 13.1 Å². The van der Waals surface area contributed by atoms with Gasteiger partial charge in [-0.1, -0.05) is 29.8 Å². The third-order valence-corrected chi connectivity index (χ3v) is 7.18. The number of hydrogen-bond donors (Lipinski definition) is 2. The molecule has 2 unspecified atom stereocenters. The van der Waals surface area contributed by atoms with Crippen LogP contribution in [0.3, 0.4) is 0 Å². The highest BCUT2D eigenvalue weighted by atomic mass is 32.2. The van der Waals surface area contributed by atoms with Crippen LogP contribution in [0.15, 0.2) is 47.4 Å². The van der Waals surface area contributed by atoms with Crippen molar-refractivity contribution in [3.63, 3.8) is 0 Å². The quantitative estimate of drug-likeness (QED) is 0.779. The van der Waals surface area contributed by atoms with Crippen molar-refractivity contribution in [1.29, 1.82) is 0 Å². The summed E-state index contributed by atoms with van der Waals surface area (Å²) in [6, 6.07) is 12.8. The van der Waals surface area contributed by atoms with Crippen LogP contribution in [0.1, 0.15) is 35.4 Å². The second kappa shape index (κ2) is 7.22. The van der Waals surface area contributed by atoms with Gasteiger partial charge in [0.05, 0.1) is 11.3 Å². The fraction of sp³-hybridized carbons (Fsp3) is 0.381. The minimum atomic E-state index is -3.57. The van der Waals surface area contributed by atoms with Crippen LogP contribution in [0.4, 0.5) is 5.69 Å². The summed E-state index contributed by atoms with van der Waals surface area (Å²) in [5, 5.41) is 9.00. The minimum Gasteiger partial charge on any atom is -0.481 e. The average molecular weight is 401 g/mol. The predicted octanol–water partition coefficient (Wildman–Crippen LogP) is 2.67. The van der Waals surface area contributed by atoms with Gasteiger partial charge in [0, 0.05) is 30.7 Å². The van der Waals surface area contributed by atoms with Crippen LogP contribution in [-0.2, 0) is 21.2 Å². The van der Waals surface area contributed by atoms with Crippen molar-refractivity contribution in [1.82, 2.24) is 4.72 Å². The molecule has 0 saturated carbocycles. The van der Waals surface area contributed by atoms with Gasteiger partial charge in [-0.3, -0.25) is 4.79 Å². The molecule has 2 atom stereocenters. The van der Waals surface area contributed by atoms with Crippen molar-refractivity contribution >= 4 is 21.7 Å². The molecule has 1 heterocycles. The van der Waals surface area contributed by atoms with Gasteiger partial charge in [-0.15, -0.1) is 0 Å². The number of carboxylic acid groups (broad SMARTS) is 1. The highest BCUT2D eigenvalue weighted by molar-refractivity contribution is 7.89. The van der Waals surface area contributed by atoms with Gasteiger partial charge in [0.2, 0.25) is 10.0 Å². The maximum Gasteiger partial charge on any atom is 0.305 e. The van der Waals surface area contributed by atoms with Crippen molar-refractivity contribution in [3.05, 3.63) is 59.2 Å². The molecule has 0 amide bonds. The molecule has 0 radical (unpaired) electrons. The van der Waals surface area contributed by atoms with Gasteiger partial charge >= 0.3 is 5.97 Å². The zero-order valence-electron chi connectivity index (χ0n) is 15.8. The van der Waals surface area contributed by atoms with Gasteiger partial charge in [0.15, 0.2) is 0 Å². The molecule has 0 saturated heterocycles. The molecule has 0 fully saturated rings. The molecule has 4 rings (SSSR count). The van der Waals surface area contributed by atoms with Crippen LogP contribution in [-0.4, -0.2) is 38.6 Å². The Hall–Kier alpha value is -2.38. The van der Waals surface area contributed by atoms with E-state index >= 15 is 0 Å². The number of aryl methyl sites for hydroxylation is 1. The fourth-order valence-electron chi connectivity index (χ4n) is 4.40. The van der Waals surface area contributed by atoms with E-state index < -0.39 is 16.0 Å². The first kappa shape index (κ1) is 19.0. The summed E-state index contributed by atoms with van der Waals surface area (Å²) < 4.78 is 28.5. The molecule has 7 heteroatoms. The van der Waals surface area contributed by atoms with Crippen molar-refractivity contribution in [3.8, 4) is 0 Å². The topological polar surface area (TPSA) is 86.7 Å². The number of anilines is 1. The third kappa shape index (κ3) is 3.64. The minimum absolute atomic E-state index is 0.0971. The van der Waals surface area contributed by atoms with Crippen LogP contribution in [0, 0.1) is 6.92 Å². The molecule has 1 aliphatic carbocycles. The summed E-state index contributed by atoms with van der Waals surface area (Å²) in [6.07, 6.45) is 1.47. The Bertz CT molecular complexity index is 1000. The van der Waals surface area contributed by atoms with E-state index in [-0.39, 0.29) is 23.3 Å². The van der Waals surface area contributed by atoms with Crippen LogP contribution in [0.5, 0.6) is 0 Å². The van der Waals surface area contributed by atoms with Crippen LogP contribution < -0.4 is 9.62 Å². The van der Waals surface area contributed by atoms with Gasteiger partial charge in [-0.2, -0.15) is 0 Å². The first-order valence-electron chi connectivity index (χ1n) is 9.51. The molecule has 2 N–H and O–H groups in total. The van der Waals surface area contributed by atoms with Crippen LogP contribution in [0.2, 0.25) is 0 Å². The van der Waals surface area contributed by atoms with E-state index in [0.717, 1.165) is 29.8 Å². The monoisotopic (exact) mass is 400 g/mol. The van der Waals surface area contributed by atoms with E-state index in [1.807, 2.05) is 19.1 Å². The third-order valence-electron chi connectivity index (χ3n) is 5.65. The molecule has 0 bridgehead atoms. The lowest BCUT2D eigenvalue weighted by molar-refractivity contribution is -0.136. The van der Waals surface area contributed by atoms with Crippen molar-refractivity contribution in [2.75, 3.05) is 18.0 Å². The van der Waals surface area contributed by atoms with E-state index in [4.69, 9.17) is 5.11 Å². The number of rotatable bonds is 6. The van der Waals surface area contributed by atoms with Crippen LogP contribution in [0.25, 0.3) is 0 Å². The maximum atomic E-state index is 12.8. The maximum absolute atomic E-state index is 12.8. The van der Waals surface area contributed by atoms with E-state index in [9.17, 15) is 13.2 Å². The molecule has 2 aromatic carbocycles. The number of hydrogen-bond acceptors (Lipinski definition) is 4. The Labute approximate surface area is 165 Å². The number of carbonyl (C=O) groups is 1. The van der Waals surface area contributed by atoms with Gasteiger partial charge in [0.1, 0.15) is 0 Å². The van der Waals surface area contributed by atoms with Crippen LogP contribution >= 0.6 is 0 Å². The highest BCUT2D eigenvalue weighted by Crippen LogP contribution is 2.44. The van der Waals surface area contributed by atoms with Gasteiger partial charge < -0.3 is 10.0 Å². The van der Waals surface area contributed by atoms with Crippen molar-refractivity contribution in [2.45, 2.75) is 43.0 Å². The summed E-state index contributed by atoms with van der Waals surface area (Å²) in [6.45, 7) is 3.14. The summed E-state index contributed by atoms with van der Waals surface area (Å²) in [5.41, 5.74) is 4.54. The second-order valence-corrected chi connectivity index (χ2v) is 9.42. The number of nitrogens with one attached hydrogen (secondary N) is 1. The molecule has 2 aromatic rings. The Kier molecular flexibility index (Phi) is 4.89. The smallest absolute Gasteiger partial charge is 0.305 e. The lowest BCUT2D eigenvalue weighted by Crippen LogP contribution is -2.40. The lowest BCUT2D eigenvalue weighted by atomic mass is 9.82. The summed E-state index contributed by atoms with van der Waals surface area (Å²) in [7, 11) is -3.57. The van der Waals surface area contributed by atoms with E-state index in [1.54, 1.807) is 24.3 Å². The highest BCUT2D eigenvalue weighted by Gasteiger charge is 2.37. The molecule has 148 valence electrons. The number of nitrogens with zero attached hydrogens (tertiary/aromatic N) is 1. The van der Waals surface area contributed by atoms with E-state index in [0.29, 0.717) is 13.0 Å². The summed E-state index contributed by atoms with van der Waals surface area (Å²) in [5.74, 6) is -0.584. The first-order valence-corrected chi connectivity index (χ1v) is 11.0. The standard InChI is InChI=1S/C21H24N2O4S/c1-14-5-7-18(8-6-14)28(26,27)22-17-11-15-3-2-4-19-21(15)16(12-17)13-23(19)10-9-20(24)25/h2-8,16-17,22H,9-13H2,1H3,(H,24,25). The van der Waals surface area contributed by atoms with E-state index in [1.165, 1.54) is 5.56 Å². The second-order valence-electron chi connectivity index (χ2n) is 7.71. The molecular formula is C21H24N2O4S. The average Bonchev–Trinajstić information content (AvgIpc) is 2.99. The number of aliphatic carboxylic acids is 1. The molecule has 2 aliphatic rings. The Morgan fingerprint density at radius 2 is 1.96 bits per heavy atom. The number of sulfonamides is 1. The normalized spacial score (nSPS) is 20.8. The zero-order valence-corrected chi connectivity index (χ0v) is 16.6. The lowest BCUT2D eigenvalue weighted by Gasteiger charge is -2.29. The van der Waals surface area contributed by atoms with Crippen molar-refractivity contribution < 1.29 is 18.3 Å². The summed E-state index contributed by atoms with van der Waals surface area (Å²) >= 11 is 0. The summed E-state index contributed by atoms with van der Waals surface area (Å²) in [4.78, 5) is 13.4. The largest absolute Gasteiger partial charge is 0.481 e. The Balaban J connectivity index is 1.53. The molecule has 0 aromatic heterocycles. The molecule has 28 heavy (non-hydrogen) atoms. The SMILES string of the molecule is Cc1ccc(S(=O)(=O)NC2Cc3cccc4c3C(C2)CN4CCC(=O)O)cc1.